The quantitative estimate of drug-likeness (QED) is 0.789. The monoisotopic (exact) mass is 256 g/mol. The van der Waals surface area contributed by atoms with Gasteiger partial charge >= 0.3 is 0 Å². The maximum absolute atomic E-state index is 11.9. The van der Waals surface area contributed by atoms with Crippen LogP contribution in [0.2, 0.25) is 0 Å². The molecule has 17 heavy (non-hydrogen) atoms. The second kappa shape index (κ2) is 6.10. The van der Waals surface area contributed by atoms with E-state index in [0.29, 0.717) is 11.0 Å². The summed E-state index contributed by atoms with van der Waals surface area (Å²) in [4.78, 5) is 11.9. The van der Waals surface area contributed by atoms with Crippen LogP contribution in [0, 0.1) is 0 Å². The number of carbonyl (C=O) groups is 1. The zero-order chi connectivity index (χ0) is 12.1. The van der Waals surface area contributed by atoms with Gasteiger partial charge in [-0.15, -0.1) is 11.8 Å². The highest BCUT2D eigenvalue weighted by molar-refractivity contribution is 8.00. The molecular weight excluding hydrogens is 232 g/mol. The van der Waals surface area contributed by atoms with Crippen LogP contribution in [0.3, 0.4) is 0 Å². The zero-order valence-electron chi connectivity index (χ0n) is 10.8. The van der Waals surface area contributed by atoms with Gasteiger partial charge in [-0.25, -0.2) is 0 Å². The van der Waals surface area contributed by atoms with Gasteiger partial charge in [0.15, 0.2) is 0 Å². The van der Waals surface area contributed by atoms with Crippen molar-refractivity contribution >= 4 is 17.7 Å². The lowest BCUT2D eigenvalue weighted by Gasteiger charge is -2.42. The second-order valence-corrected chi connectivity index (χ2v) is 6.58. The highest BCUT2D eigenvalue weighted by atomic mass is 32.2. The fourth-order valence-corrected chi connectivity index (χ4v) is 3.69. The third-order valence-corrected chi connectivity index (χ3v) is 5.50. The van der Waals surface area contributed by atoms with Gasteiger partial charge in [0.2, 0.25) is 5.91 Å². The molecule has 1 aliphatic heterocycles. The molecule has 2 N–H and O–H groups in total. The molecule has 1 amide bonds. The summed E-state index contributed by atoms with van der Waals surface area (Å²) in [7, 11) is 0. The summed E-state index contributed by atoms with van der Waals surface area (Å²) >= 11 is 1.84. The Bertz CT molecular complexity index is 255. The molecule has 1 saturated carbocycles. The van der Waals surface area contributed by atoms with Gasteiger partial charge < -0.3 is 10.6 Å². The van der Waals surface area contributed by atoms with E-state index in [-0.39, 0.29) is 11.4 Å². The van der Waals surface area contributed by atoms with Crippen molar-refractivity contribution in [2.24, 2.45) is 0 Å². The van der Waals surface area contributed by atoms with E-state index in [0.717, 1.165) is 19.5 Å². The smallest absolute Gasteiger partial charge is 0.230 e. The summed E-state index contributed by atoms with van der Waals surface area (Å²) in [6.07, 6.45) is 7.11. The van der Waals surface area contributed by atoms with E-state index in [9.17, 15) is 4.79 Å². The van der Waals surface area contributed by atoms with Crippen LogP contribution in [-0.4, -0.2) is 35.5 Å². The first kappa shape index (κ1) is 13.2. The van der Waals surface area contributed by atoms with Crippen LogP contribution in [0.5, 0.6) is 0 Å². The molecule has 2 aliphatic rings. The standard InChI is InChI=1S/C13H24N2OS/c1-2-13(6-3-7-13)15-12(16)10-17-11-4-8-14-9-5-11/h11,14H,2-10H2,1H3,(H,15,16). The van der Waals surface area contributed by atoms with Crippen molar-refractivity contribution in [2.75, 3.05) is 18.8 Å². The average Bonchev–Trinajstić information content (AvgIpc) is 2.33. The molecule has 1 aliphatic carbocycles. The Hall–Kier alpha value is -0.220. The third kappa shape index (κ3) is 3.62. The molecule has 98 valence electrons. The van der Waals surface area contributed by atoms with Crippen molar-refractivity contribution in [2.45, 2.75) is 56.2 Å². The summed E-state index contributed by atoms with van der Waals surface area (Å²) in [6, 6.07) is 0. The Morgan fingerprint density at radius 1 is 1.41 bits per heavy atom. The first-order valence-electron chi connectivity index (χ1n) is 6.87. The van der Waals surface area contributed by atoms with Crippen molar-refractivity contribution < 1.29 is 4.79 Å². The minimum absolute atomic E-state index is 0.158. The summed E-state index contributed by atoms with van der Waals surface area (Å²) in [6.45, 7) is 4.40. The van der Waals surface area contributed by atoms with Gasteiger partial charge in [-0.2, -0.15) is 0 Å². The van der Waals surface area contributed by atoms with Gasteiger partial charge in [0.1, 0.15) is 0 Å². The van der Waals surface area contributed by atoms with Crippen LogP contribution >= 0.6 is 11.8 Å². The van der Waals surface area contributed by atoms with Crippen molar-refractivity contribution in [3.05, 3.63) is 0 Å². The Balaban J connectivity index is 1.66. The van der Waals surface area contributed by atoms with Crippen molar-refractivity contribution in [3.8, 4) is 0 Å². The van der Waals surface area contributed by atoms with Gasteiger partial charge in [-0.3, -0.25) is 4.79 Å². The predicted molar refractivity (Wildman–Crippen MR) is 73.4 cm³/mol. The lowest BCUT2D eigenvalue weighted by molar-refractivity contribution is -0.121. The van der Waals surface area contributed by atoms with Gasteiger partial charge in [0.05, 0.1) is 5.75 Å². The largest absolute Gasteiger partial charge is 0.350 e. The number of thioether (sulfide) groups is 1. The van der Waals surface area contributed by atoms with Crippen LogP contribution in [0.15, 0.2) is 0 Å². The lowest BCUT2D eigenvalue weighted by atomic mass is 9.75. The molecule has 0 unspecified atom stereocenters. The molecule has 0 aromatic heterocycles. The first-order chi connectivity index (χ1) is 8.24. The summed E-state index contributed by atoms with van der Waals surface area (Å²) in [5.41, 5.74) is 0.158. The average molecular weight is 256 g/mol. The summed E-state index contributed by atoms with van der Waals surface area (Å²) < 4.78 is 0. The van der Waals surface area contributed by atoms with E-state index in [4.69, 9.17) is 0 Å². The Morgan fingerprint density at radius 3 is 2.65 bits per heavy atom. The number of hydrogen-bond acceptors (Lipinski definition) is 3. The minimum atomic E-state index is 0.158. The molecule has 0 aromatic carbocycles. The van der Waals surface area contributed by atoms with E-state index in [1.54, 1.807) is 0 Å². The highest BCUT2D eigenvalue weighted by Gasteiger charge is 2.36. The number of rotatable bonds is 5. The molecule has 3 nitrogen and oxygen atoms in total. The Labute approximate surface area is 108 Å². The van der Waals surface area contributed by atoms with Gasteiger partial charge in [0, 0.05) is 10.8 Å². The molecule has 0 bridgehead atoms. The highest BCUT2D eigenvalue weighted by Crippen LogP contribution is 2.34. The van der Waals surface area contributed by atoms with Gasteiger partial charge in [-0.1, -0.05) is 6.92 Å². The van der Waals surface area contributed by atoms with Crippen LogP contribution in [0.1, 0.15) is 45.4 Å². The Morgan fingerprint density at radius 2 is 2.12 bits per heavy atom. The molecule has 0 spiro atoms. The second-order valence-electron chi connectivity index (χ2n) is 5.30. The van der Waals surface area contributed by atoms with E-state index in [1.165, 1.54) is 32.1 Å². The van der Waals surface area contributed by atoms with Crippen molar-refractivity contribution in [1.82, 2.24) is 10.6 Å². The van der Waals surface area contributed by atoms with E-state index < -0.39 is 0 Å². The lowest BCUT2D eigenvalue weighted by Crippen LogP contribution is -2.53. The van der Waals surface area contributed by atoms with E-state index in [2.05, 4.69) is 17.6 Å². The van der Waals surface area contributed by atoms with Crippen molar-refractivity contribution in [3.63, 3.8) is 0 Å². The van der Waals surface area contributed by atoms with Crippen LogP contribution in [-0.2, 0) is 4.79 Å². The molecule has 2 rings (SSSR count). The Kier molecular flexibility index (Phi) is 4.74. The molecule has 1 heterocycles. The summed E-state index contributed by atoms with van der Waals surface area (Å²) in [5, 5.41) is 7.28. The SMILES string of the molecule is CCC1(NC(=O)CSC2CCNCC2)CCC1. The first-order valence-corrected chi connectivity index (χ1v) is 7.92. The maximum Gasteiger partial charge on any atom is 0.230 e. The van der Waals surface area contributed by atoms with E-state index >= 15 is 0 Å². The normalized spacial score (nSPS) is 24.1. The molecule has 4 heteroatoms. The van der Waals surface area contributed by atoms with Crippen LogP contribution in [0.4, 0.5) is 0 Å². The molecule has 0 aromatic rings. The summed E-state index contributed by atoms with van der Waals surface area (Å²) in [5.74, 6) is 0.891. The number of nitrogens with one attached hydrogen (secondary N) is 2. The predicted octanol–water partition coefficient (Wildman–Crippen LogP) is 1.92. The van der Waals surface area contributed by atoms with Gasteiger partial charge in [0.25, 0.3) is 0 Å². The molecule has 0 atom stereocenters. The molecule has 0 radical (unpaired) electrons. The maximum atomic E-state index is 11.9. The number of carbonyl (C=O) groups excluding carboxylic acids is 1. The van der Waals surface area contributed by atoms with Crippen LogP contribution in [0.25, 0.3) is 0 Å². The molecule has 2 fully saturated rings. The fraction of sp³-hybridized carbons (Fsp3) is 0.923. The third-order valence-electron chi connectivity index (χ3n) is 4.13. The minimum Gasteiger partial charge on any atom is -0.350 e. The van der Waals surface area contributed by atoms with Gasteiger partial charge in [-0.05, 0) is 51.6 Å². The number of hydrogen-bond donors (Lipinski definition) is 2. The topological polar surface area (TPSA) is 41.1 Å². The van der Waals surface area contributed by atoms with Crippen LogP contribution < -0.4 is 10.6 Å². The zero-order valence-corrected chi connectivity index (χ0v) is 11.6. The molecular formula is C13H24N2OS. The molecule has 1 saturated heterocycles. The number of piperidine rings is 1. The van der Waals surface area contributed by atoms with Crippen molar-refractivity contribution in [1.29, 1.82) is 0 Å². The number of amides is 1. The fourth-order valence-electron chi connectivity index (χ4n) is 2.66. The van der Waals surface area contributed by atoms with E-state index in [1.807, 2.05) is 11.8 Å².